The molecule has 1 aromatic heterocycles. The number of benzene rings is 1. The van der Waals surface area contributed by atoms with Gasteiger partial charge >= 0.3 is 6.03 Å². The van der Waals surface area contributed by atoms with Gasteiger partial charge in [0.15, 0.2) is 0 Å². The number of urea groups is 1. The van der Waals surface area contributed by atoms with Crippen molar-refractivity contribution in [3.05, 3.63) is 59.0 Å². The molecule has 0 radical (unpaired) electrons. The van der Waals surface area contributed by atoms with Crippen LogP contribution < -0.4 is 5.32 Å². The van der Waals surface area contributed by atoms with Gasteiger partial charge in [0.25, 0.3) is 0 Å². The molecule has 1 N–H and O–H groups in total. The lowest BCUT2D eigenvalue weighted by molar-refractivity contribution is 0.174. The zero-order valence-electron chi connectivity index (χ0n) is 14.1. The smallest absolute Gasteiger partial charge is 0.317 e. The van der Waals surface area contributed by atoms with Gasteiger partial charge in [-0.1, -0.05) is 23.7 Å². The van der Waals surface area contributed by atoms with Crippen molar-refractivity contribution in [3.8, 4) is 0 Å². The number of amides is 2. The lowest BCUT2D eigenvalue weighted by atomic mass is 9.99. The molecule has 134 valence electrons. The highest BCUT2D eigenvalue weighted by Gasteiger charge is 2.22. The maximum Gasteiger partial charge on any atom is 0.317 e. The van der Waals surface area contributed by atoms with E-state index in [1.807, 2.05) is 53.1 Å². The Labute approximate surface area is 157 Å². The fourth-order valence-electron chi connectivity index (χ4n) is 2.92. The van der Waals surface area contributed by atoms with Crippen LogP contribution in [0.2, 0.25) is 5.02 Å². The van der Waals surface area contributed by atoms with Gasteiger partial charge in [-0.15, -0.1) is 0 Å². The van der Waals surface area contributed by atoms with E-state index in [2.05, 4.69) is 5.32 Å². The summed E-state index contributed by atoms with van der Waals surface area (Å²) in [4.78, 5) is 14.2. The van der Waals surface area contributed by atoms with Gasteiger partial charge in [-0.25, -0.2) is 4.79 Å². The largest absolute Gasteiger partial charge is 0.468 e. The fraction of sp³-hybridized carbons (Fsp3) is 0.421. The molecule has 0 bridgehead atoms. The maximum atomic E-state index is 12.3. The van der Waals surface area contributed by atoms with Crippen LogP contribution in [0.1, 0.15) is 24.2 Å². The number of halogens is 1. The number of nitrogens with one attached hydrogen (secondary N) is 1. The van der Waals surface area contributed by atoms with Crippen molar-refractivity contribution >= 4 is 29.4 Å². The van der Waals surface area contributed by atoms with Crippen molar-refractivity contribution in [3.63, 3.8) is 0 Å². The van der Waals surface area contributed by atoms with E-state index in [1.54, 1.807) is 6.26 Å². The third-order valence-electron chi connectivity index (χ3n) is 4.44. The predicted molar refractivity (Wildman–Crippen MR) is 103 cm³/mol. The van der Waals surface area contributed by atoms with Crippen LogP contribution >= 0.6 is 23.4 Å². The topological polar surface area (TPSA) is 45.5 Å². The van der Waals surface area contributed by atoms with Gasteiger partial charge in [0.2, 0.25) is 0 Å². The standard InChI is InChI=1S/C19H23ClN2O2S/c20-17-5-3-15(4-6-17)12-21-19(23)22-9-7-16(8-10-22)13-25-14-18-2-1-11-24-18/h1-6,11,16H,7-10,12-14H2,(H,21,23). The van der Waals surface area contributed by atoms with Gasteiger partial charge in [0.1, 0.15) is 5.76 Å². The molecule has 3 rings (SSSR count). The number of thioether (sulfide) groups is 1. The predicted octanol–water partition coefficient (Wildman–Crippen LogP) is 4.79. The van der Waals surface area contributed by atoms with E-state index in [-0.39, 0.29) is 6.03 Å². The lowest BCUT2D eigenvalue weighted by Crippen LogP contribution is -2.44. The lowest BCUT2D eigenvalue weighted by Gasteiger charge is -2.31. The second-order valence-electron chi connectivity index (χ2n) is 6.31. The number of likely N-dealkylation sites (tertiary alicyclic amines) is 1. The summed E-state index contributed by atoms with van der Waals surface area (Å²) < 4.78 is 5.35. The van der Waals surface area contributed by atoms with Crippen LogP contribution in [-0.2, 0) is 12.3 Å². The number of rotatable bonds is 6. The Morgan fingerprint density at radius 3 is 2.68 bits per heavy atom. The molecule has 0 spiro atoms. The maximum absolute atomic E-state index is 12.3. The first-order chi connectivity index (χ1) is 12.2. The molecule has 1 aliphatic heterocycles. The average molecular weight is 379 g/mol. The van der Waals surface area contributed by atoms with E-state index in [4.69, 9.17) is 16.0 Å². The van der Waals surface area contributed by atoms with Crippen LogP contribution in [0.5, 0.6) is 0 Å². The van der Waals surface area contributed by atoms with Crippen LogP contribution in [0.4, 0.5) is 4.79 Å². The Morgan fingerprint density at radius 1 is 1.24 bits per heavy atom. The molecule has 0 atom stereocenters. The first-order valence-electron chi connectivity index (χ1n) is 8.58. The molecule has 2 amide bonds. The quantitative estimate of drug-likeness (QED) is 0.786. The van der Waals surface area contributed by atoms with Crippen LogP contribution in [0.25, 0.3) is 0 Å². The van der Waals surface area contributed by atoms with Gasteiger partial charge < -0.3 is 14.6 Å². The molecule has 2 aromatic rings. The Morgan fingerprint density at radius 2 is 2.00 bits per heavy atom. The molecule has 0 saturated carbocycles. The Kier molecular flexibility index (Phi) is 6.70. The Hall–Kier alpha value is -1.59. The summed E-state index contributed by atoms with van der Waals surface area (Å²) in [5.41, 5.74) is 1.06. The summed E-state index contributed by atoms with van der Waals surface area (Å²) in [7, 11) is 0. The van der Waals surface area contributed by atoms with Crippen LogP contribution in [-0.4, -0.2) is 29.8 Å². The minimum atomic E-state index is 0.0247. The zero-order valence-corrected chi connectivity index (χ0v) is 15.7. The molecule has 1 fully saturated rings. The van der Waals surface area contributed by atoms with E-state index in [9.17, 15) is 4.79 Å². The monoisotopic (exact) mass is 378 g/mol. The summed E-state index contributed by atoms with van der Waals surface area (Å²) >= 11 is 7.78. The van der Waals surface area contributed by atoms with Crippen LogP contribution in [0.15, 0.2) is 47.1 Å². The molecule has 4 nitrogen and oxygen atoms in total. The molecular weight excluding hydrogens is 356 g/mol. The number of carbonyl (C=O) groups excluding carboxylic acids is 1. The third kappa shape index (κ3) is 5.72. The summed E-state index contributed by atoms with van der Waals surface area (Å²) in [5.74, 6) is 3.76. The number of carbonyl (C=O) groups is 1. The van der Waals surface area contributed by atoms with Gasteiger partial charge in [0, 0.05) is 24.7 Å². The van der Waals surface area contributed by atoms with Crippen molar-refractivity contribution in [2.24, 2.45) is 5.92 Å². The van der Waals surface area contributed by atoms with E-state index in [0.29, 0.717) is 17.5 Å². The number of piperidine rings is 1. The second-order valence-corrected chi connectivity index (χ2v) is 7.78. The van der Waals surface area contributed by atoms with Gasteiger partial charge in [0.05, 0.1) is 12.0 Å². The molecule has 6 heteroatoms. The number of hydrogen-bond donors (Lipinski definition) is 1. The van der Waals surface area contributed by atoms with Crippen LogP contribution in [0.3, 0.4) is 0 Å². The minimum Gasteiger partial charge on any atom is -0.468 e. The van der Waals surface area contributed by atoms with Gasteiger partial charge in [-0.05, 0) is 54.3 Å². The highest BCUT2D eigenvalue weighted by Crippen LogP contribution is 2.24. The zero-order chi connectivity index (χ0) is 17.5. The molecule has 0 unspecified atom stereocenters. The number of furan rings is 1. The van der Waals surface area contributed by atoms with Crippen molar-refractivity contribution in [1.29, 1.82) is 0 Å². The third-order valence-corrected chi connectivity index (χ3v) is 5.88. The fourth-order valence-corrected chi connectivity index (χ4v) is 4.19. The van der Waals surface area contributed by atoms with E-state index in [0.717, 1.165) is 48.8 Å². The summed E-state index contributed by atoms with van der Waals surface area (Å²) in [6.45, 7) is 2.20. The highest BCUT2D eigenvalue weighted by atomic mass is 35.5. The van der Waals surface area contributed by atoms with E-state index >= 15 is 0 Å². The molecule has 1 aliphatic rings. The molecule has 25 heavy (non-hydrogen) atoms. The molecular formula is C19H23ClN2O2S. The van der Waals surface area contributed by atoms with Crippen molar-refractivity contribution in [2.75, 3.05) is 18.8 Å². The molecule has 1 aromatic carbocycles. The Balaban J connectivity index is 1.33. The molecule has 1 saturated heterocycles. The minimum absolute atomic E-state index is 0.0247. The first-order valence-corrected chi connectivity index (χ1v) is 10.1. The number of nitrogens with zero attached hydrogens (tertiary/aromatic N) is 1. The van der Waals surface area contributed by atoms with Crippen LogP contribution in [0, 0.1) is 5.92 Å². The summed E-state index contributed by atoms with van der Waals surface area (Å²) in [6, 6.07) is 11.5. The summed E-state index contributed by atoms with van der Waals surface area (Å²) in [6.07, 6.45) is 3.86. The molecule has 0 aliphatic carbocycles. The van der Waals surface area contributed by atoms with Crippen molar-refractivity contribution < 1.29 is 9.21 Å². The van der Waals surface area contributed by atoms with Crippen molar-refractivity contribution in [1.82, 2.24) is 10.2 Å². The summed E-state index contributed by atoms with van der Waals surface area (Å²) in [5, 5.41) is 3.70. The van der Waals surface area contributed by atoms with E-state index < -0.39 is 0 Å². The normalized spacial score (nSPS) is 15.3. The number of hydrogen-bond acceptors (Lipinski definition) is 3. The molecule has 2 heterocycles. The van der Waals surface area contributed by atoms with Gasteiger partial charge in [-0.3, -0.25) is 0 Å². The van der Waals surface area contributed by atoms with E-state index in [1.165, 1.54) is 0 Å². The highest BCUT2D eigenvalue weighted by molar-refractivity contribution is 7.98. The average Bonchev–Trinajstić information content (AvgIpc) is 3.15. The Bertz CT molecular complexity index is 653. The van der Waals surface area contributed by atoms with Crippen molar-refractivity contribution in [2.45, 2.75) is 25.1 Å². The SMILES string of the molecule is O=C(NCc1ccc(Cl)cc1)N1CCC(CSCc2ccco2)CC1. The van der Waals surface area contributed by atoms with Gasteiger partial charge in [-0.2, -0.15) is 11.8 Å². The second kappa shape index (κ2) is 9.20. The first kappa shape index (κ1) is 18.2.